The Balaban J connectivity index is 2.17. The molecule has 1 saturated heterocycles. The smallest absolute Gasteiger partial charge is 0.254 e. The molecule has 6 nitrogen and oxygen atoms in total. The van der Waals surface area contributed by atoms with Crippen molar-refractivity contribution in [3.8, 4) is 0 Å². The van der Waals surface area contributed by atoms with Crippen LogP contribution in [0.15, 0.2) is 18.3 Å². The predicted octanol–water partition coefficient (Wildman–Crippen LogP) is -0.675. The number of rotatable bonds is 2. The number of anilines is 1. The summed E-state index contributed by atoms with van der Waals surface area (Å²) in [5.41, 5.74) is 0.509. The van der Waals surface area contributed by atoms with Gasteiger partial charge in [0.1, 0.15) is 5.82 Å². The van der Waals surface area contributed by atoms with Gasteiger partial charge >= 0.3 is 0 Å². The number of nitrogens with zero attached hydrogens (tertiary/aromatic N) is 3. The molecule has 1 amide bonds. The zero-order chi connectivity index (χ0) is 13.3. The minimum atomic E-state index is -0.857. The van der Waals surface area contributed by atoms with Gasteiger partial charge in [0.2, 0.25) is 0 Å². The number of aliphatic hydroxyl groups is 2. The summed E-state index contributed by atoms with van der Waals surface area (Å²) in [6, 6.07) is 3.33. The lowest BCUT2D eigenvalue weighted by Gasteiger charge is -2.17. The SMILES string of the molecule is CN(C)c1cc(C(=O)N2C[C@@H](O)[C@@H](O)C2)ccn1. The topological polar surface area (TPSA) is 76.9 Å². The van der Waals surface area contributed by atoms with Gasteiger partial charge in [-0.15, -0.1) is 0 Å². The maximum Gasteiger partial charge on any atom is 0.254 e. The first-order valence-corrected chi connectivity index (χ1v) is 5.78. The first-order valence-electron chi connectivity index (χ1n) is 5.78. The molecule has 0 aliphatic carbocycles. The maximum atomic E-state index is 12.2. The van der Waals surface area contributed by atoms with Crippen LogP contribution >= 0.6 is 0 Å². The van der Waals surface area contributed by atoms with E-state index in [-0.39, 0.29) is 19.0 Å². The molecule has 1 fully saturated rings. The number of β-amino-alcohol motifs (C(OH)–C–C–N with tert-alkyl or cyclic N) is 2. The fourth-order valence-corrected chi connectivity index (χ4v) is 1.91. The van der Waals surface area contributed by atoms with E-state index in [4.69, 9.17) is 0 Å². The fraction of sp³-hybridized carbons (Fsp3) is 0.500. The molecule has 1 aliphatic heterocycles. The van der Waals surface area contributed by atoms with E-state index in [2.05, 4.69) is 4.98 Å². The predicted molar refractivity (Wildman–Crippen MR) is 66.5 cm³/mol. The second kappa shape index (κ2) is 4.91. The second-order valence-electron chi connectivity index (χ2n) is 4.64. The van der Waals surface area contributed by atoms with Gasteiger partial charge in [-0.25, -0.2) is 4.98 Å². The molecule has 6 heteroatoms. The van der Waals surface area contributed by atoms with Crippen LogP contribution in [-0.4, -0.2) is 65.4 Å². The quantitative estimate of drug-likeness (QED) is 0.728. The van der Waals surface area contributed by atoms with E-state index in [9.17, 15) is 15.0 Å². The Labute approximate surface area is 105 Å². The number of carbonyl (C=O) groups is 1. The van der Waals surface area contributed by atoms with Gasteiger partial charge in [-0.2, -0.15) is 0 Å². The summed E-state index contributed by atoms with van der Waals surface area (Å²) >= 11 is 0. The lowest BCUT2D eigenvalue weighted by molar-refractivity contribution is 0.0572. The largest absolute Gasteiger partial charge is 0.388 e. The normalized spacial score (nSPS) is 23.2. The standard InChI is InChI=1S/C12H17N3O3/c1-14(2)11-5-8(3-4-13-11)12(18)15-6-9(16)10(17)7-15/h3-5,9-10,16-17H,6-7H2,1-2H3/t9-,10+. The van der Waals surface area contributed by atoms with Gasteiger partial charge in [0, 0.05) is 38.9 Å². The van der Waals surface area contributed by atoms with Crippen LogP contribution in [0.5, 0.6) is 0 Å². The molecular formula is C12H17N3O3. The Kier molecular flexibility index (Phi) is 3.49. The molecule has 2 heterocycles. The first-order chi connectivity index (χ1) is 8.49. The number of aromatic nitrogens is 1. The average Bonchev–Trinajstić information content (AvgIpc) is 2.69. The monoisotopic (exact) mass is 251 g/mol. The number of hydrogen-bond donors (Lipinski definition) is 2. The zero-order valence-electron chi connectivity index (χ0n) is 10.4. The highest BCUT2D eigenvalue weighted by Gasteiger charge is 2.33. The van der Waals surface area contributed by atoms with Crippen molar-refractivity contribution < 1.29 is 15.0 Å². The second-order valence-corrected chi connectivity index (χ2v) is 4.64. The number of hydrogen-bond acceptors (Lipinski definition) is 5. The number of likely N-dealkylation sites (tertiary alicyclic amines) is 1. The molecule has 1 aromatic heterocycles. The molecule has 2 N–H and O–H groups in total. The Morgan fingerprint density at radius 3 is 2.56 bits per heavy atom. The fourth-order valence-electron chi connectivity index (χ4n) is 1.91. The molecule has 0 unspecified atom stereocenters. The van der Waals surface area contributed by atoms with Crippen LogP contribution in [0.1, 0.15) is 10.4 Å². The van der Waals surface area contributed by atoms with Crippen LogP contribution in [0.3, 0.4) is 0 Å². The summed E-state index contributed by atoms with van der Waals surface area (Å²) < 4.78 is 0. The highest BCUT2D eigenvalue weighted by molar-refractivity contribution is 5.95. The van der Waals surface area contributed by atoms with E-state index in [1.807, 2.05) is 19.0 Å². The first kappa shape index (κ1) is 12.8. The minimum absolute atomic E-state index is 0.166. The Bertz CT molecular complexity index is 440. The van der Waals surface area contributed by atoms with E-state index in [0.717, 1.165) is 0 Å². The van der Waals surface area contributed by atoms with Crippen LogP contribution < -0.4 is 4.90 Å². The summed E-state index contributed by atoms with van der Waals surface area (Å²) in [6.07, 6.45) is -0.140. The van der Waals surface area contributed by atoms with Crippen LogP contribution in [0.4, 0.5) is 5.82 Å². The van der Waals surface area contributed by atoms with E-state index in [1.54, 1.807) is 18.3 Å². The minimum Gasteiger partial charge on any atom is -0.388 e. The maximum absolute atomic E-state index is 12.2. The van der Waals surface area contributed by atoms with Gasteiger partial charge in [0.05, 0.1) is 12.2 Å². The lowest BCUT2D eigenvalue weighted by atomic mass is 10.2. The number of aliphatic hydroxyl groups excluding tert-OH is 2. The van der Waals surface area contributed by atoms with Gasteiger partial charge in [-0.05, 0) is 12.1 Å². The third-order valence-corrected chi connectivity index (χ3v) is 3.00. The third-order valence-electron chi connectivity index (χ3n) is 3.00. The highest BCUT2D eigenvalue weighted by Crippen LogP contribution is 2.16. The van der Waals surface area contributed by atoms with Crippen LogP contribution in [0.2, 0.25) is 0 Å². The van der Waals surface area contributed by atoms with E-state index >= 15 is 0 Å². The molecule has 0 radical (unpaired) electrons. The molecule has 0 aromatic carbocycles. The third kappa shape index (κ3) is 2.44. The molecule has 1 aromatic rings. The van der Waals surface area contributed by atoms with E-state index in [1.165, 1.54) is 4.90 Å². The van der Waals surface area contributed by atoms with E-state index in [0.29, 0.717) is 11.4 Å². The summed E-state index contributed by atoms with van der Waals surface area (Å²) in [5.74, 6) is 0.497. The summed E-state index contributed by atoms with van der Waals surface area (Å²) in [6.45, 7) is 0.333. The van der Waals surface area contributed by atoms with Gasteiger partial charge in [0.25, 0.3) is 5.91 Å². The van der Waals surface area contributed by atoms with Gasteiger partial charge < -0.3 is 20.0 Å². The number of pyridine rings is 1. The number of carbonyl (C=O) groups excluding carboxylic acids is 1. The molecule has 1 aliphatic rings. The van der Waals surface area contributed by atoms with Gasteiger partial charge in [-0.1, -0.05) is 0 Å². The van der Waals surface area contributed by atoms with Crippen LogP contribution in [0.25, 0.3) is 0 Å². The average molecular weight is 251 g/mol. The van der Waals surface area contributed by atoms with Crippen molar-refractivity contribution in [2.45, 2.75) is 12.2 Å². The van der Waals surface area contributed by atoms with Gasteiger partial charge in [0.15, 0.2) is 0 Å². The highest BCUT2D eigenvalue weighted by atomic mass is 16.3. The summed E-state index contributed by atoms with van der Waals surface area (Å²) in [5, 5.41) is 18.9. The van der Waals surface area contributed by atoms with Crippen molar-refractivity contribution >= 4 is 11.7 Å². The van der Waals surface area contributed by atoms with Crippen LogP contribution in [0, 0.1) is 0 Å². The molecule has 98 valence electrons. The molecule has 2 atom stereocenters. The molecule has 2 rings (SSSR count). The molecule has 0 saturated carbocycles. The van der Waals surface area contributed by atoms with Crippen LogP contribution in [-0.2, 0) is 0 Å². The van der Waals surface area contributed by atoms with Crippen molar-refractivity contribution in [2.24, 2.45) is 0 Å². The Hall–Kier alpha value is -1.66. The van der Waals surface area contributed by atoms with E-state index < -0.39 is 12.2 Å². The van der Waals surface area contributed by atoms with Crippen molar-refractivity contribution in [3.63, 3.8) is 0 Å². The molecule has 0 spiro atoms. The molecule has 0 bridgehead atoms. The Morgan fingerprint density at radius 1 is 1.39 bits per heavy atom. The summed E-state index contributed by atoms with van der Waals surface area (Å²) in [7, 11) is 3.69. The van der Waals surface area contributed by atoms with Gasteiger partial charge in [-0.3, -0.25) is 4.79 Å². The molecule has 18 heavy (non-hydrogen) atoms. The Morgan fingerprint density at radius 2 is 2.00 bits per heavy atom. The summed E-state index contributed by atoms with van der Waals surface area (Å²) in [4.78, 5) is 19.6. The van der Waals surface area contributed by atoms with Crippen molar-refractivity contribution in [3.05, 3.63) is 23.9 Å². The van der Waals surface area contributed by atoms with Crippen molar-refractivity contribution in [1.82, 2.24) is 9.88 Å². The number of amides is 1. The molecular weight excluding hydrogens is 234 g/mol. The van der Waals surface area contributed by atoms with Crippen molar-refractivity contribution in [2.75, 3.05) is 32.1 Å². The van der Waals surface area contributed by atoms with Crippen molar-refractivity contribution in [1.29, 1.82) is 0 Å². The lowest BCUT2D eigenvalue weighted by Crippen LogP contribution is -2.30. The zero-order valence-corrected chi connectivity index (χ0v) is 10.4.